The Balaban J connectivity index is 1.99. The number of hydrogen-bond acceptors (Lipinski definition) is 2. The molecule has 2 aromatic heterocycles. The molecule has 0 atom stereocenters. The molecule has 0 aliphatic carbocycles. The lowest BCUT2D eigenvalue weighted by atomic mass is 10.1. The van der Waals surface area contributed by atoms with Crippen LogP contribution in [-0.2, 0) is 13.1 Å². The molecule has 0 spiro atoms. The zero-order valence-corrected chi connectivity index (χ0v) is 13.0. The lowest BCUT2D eigenvalue weighted by Gasteiger charge is -2.08. The predicted molar refractivity (Wildman–Crippen MR) is 89.6 cm³/mol. The van der Waals surface area contributed by atoms with Crippen LogP contribution in [0.15, 0.2) is 36.5 Å². The quantitative estimate of drug-likeness (QED) is 0.754. The molecule has 0 fully saturated rings. The van der Waals surface area contributed by atoms with Crippen molar-refractivity contribution in [3.8, 4) is 0 Å². The highest BCUT2D eigenvalue weighted by atomic mass is 32.1. The Morgan fingerprint density at radius 3 is 2.81 bits per heavy atom. The van der Waals surface area contributed by atoms with Gasteiger partial charge in [-0.05, 0) is 44.2 Å². The van der Waals surface area contributed by atoms with Crippen molar-refractivity contribution in [1.82, 2.24) is 14.3 Å². The normalized spacial score (nSPS) is 11.1. The molecule has 2 N–H and O–H groups in total. The maximum Gasteiger partial charge on any atom is 0.104 e. The molecular formula is C16H18N4S. The van der Waals surface area contributed by atoms with E-state index in [4.69, 9.17) is 18.0 Å². The van der Waals surface area contributed by atoms with Crippen molar-refractivity contribution in [1.29, 1.82) is 0 Å². The van der Waals surface area contributed by atoms with Crippen molar-refractivity contribution in [2.45, 2.75) is 26.9 Å². The average Bonchev–Trinajstić information content (AvgIpc) is 3.02. The molecule has 0 unspecified atom stereocenters. The molecule has 2 heterocycles. The van der Waals surface area contributed by atoms with Crippen molar-refractivity contribution in [2.24, 2.45) is 5.73 Å². The maximum absolute atomic E-state index is 5.69. The summed E-state index contributed by atoms with van der Waals surface area (Å²) in [6, 6.07) is 10.3. The smallest absolute Gasteiger partial charge is 0.104 e. The molecule has 0 aliphatic rings. The van der Waals surface area contributed by atoms with Crippen molar-refractivity contribution < 1.29 is 0 Å². The second kappa shape index (κ2) is 5.33. The van der Waals surface area contributed by atoms with Crippen LogP contribution in [0, 0.1) is 6.92 Å². The molecule has 0 bridgehead atoms. The molecule has 0 aliphatic heterocycles. The monoisotopic (exact) mass is 298 g/mol. The highest BCUT2D eigenvalue weighted by molar-refractivity contribution is 7.80. The Morgan fingerprint density at radius 2 is 2.10 bits per heavy atom. The minimum Gasteiger partial charge on any atom is -0.389 e. The van der Waals surface area contributed by atoms with E-state index in [2.05, 4.69) is 41.0 Å². The van der Waals surface area contributed by atoms with Crippen LogP contribution in [0.3, 0.4) is 0 Å². The number of benzene rings is 1. The molecule has 3 rings (SSSR count). The molecular weight excluding hydrogens is 280 g/mol. The number of aromatic nitrogens is 3. The zero-order chi connectivity index (χ0) is 15.0. The van der Waals surface area contributed by atoms with E-state index >= 15 is 0 Å². The minimum atomic E-state index is 0.435. The highest BCUT2D eigenvalue weighted by Crippen LogP contribution is 2.19. The van der Waals surface area contributed by atoms with E-state index < -0.39 is 0 Å². The molecule has 0 saturated heterocycles. The molecule has 0 radical (unpaired) electrons. The summed E-state index contributed by atoms with van der Waals surface area (Å²) >= 11 is 5.03. The third-order valence-electron chi connectivity index (χ3n) is 3.67. The standard InChI is InChI=1S/C16H18N4S/c1-3-20-14(8-11(2)18-20)10-19-7-6-12-9-13(16(17)21)4-5-15(12)19/h4-9H,3,10H2,1-2H3,(H2,17,21). The van der Waals surface area contributed by atoms with E-state index in [1.807, 2.05) is 23.7 Å². The van der Waals surface area contributed by atoms with Gasteiger partial charge in [0.2, 0.25) is 0 Å². The number of hydrogen-bond donors (Lipinski definition) is 1. The van der Waals surface area contributed by atoms with Gasteiger partial charge in [0, 0.05) is 29.2 Å². The van der Waals surface area contributed by atoms with E-state index in [0.29, 0.717) is 4.99 Å². The van der Waals surface area contributed by atoms with Crippen LogP contribution >= 0.6 is 12.2 Å². The van der Waals surface area contributed by atoms with Crippen LogP contribution in [0.4, 0.5) is 0 Å². The van der Waals surface area contributed by atoms with Gasteiger partial charge in [-0.3, -0.25) is 4.68 Å². The Labute approximate surface area is 129 Å². The van der Waals surface area contributed by atoms with E-state index in [1.54, 1.807) is 0 Å². The van der Waals surface area contributed by atoms with Gasteiger partial charge in [0.25, 0.3) is 0 Å². The zero-order valence-electron chi connectivity index (χ0n) is 12.2. The van der Waals surface area contributed by atoms with Gasteiger partial charge in [0.05, 0.1) is 17.9 Å². The molecule has 5 heteroatoms. The summed E-state index contributed by atoms with van der Waals surface area (Å²) in [5, 5.41) is 5.65. The molecule has 4 nitrogen and oxygen atoms in total. The molecule has 1 aromatic carbocycles. The second-order valence-electron chi connectivity index (χ2n) is 5.17. The summed E-state index contributed by atoms with van der Waals surface area (Å²) < 4.78 is 4.27. The summed E-state index contributed by atoms with van der Waals surface area (Å²) in [6.07, 6.45) is 2.09. The first-order valence-corrected chi connectivity index (χ1v) is 7.41. The SMILES string of the molecule is CCn1nc(C)cc1Cn1ccc2cc(C(N)=S)ccc21. The van der Waals surface area contributed by atoms with Crippen LogP contribution in [0.25, 0.3) is 10.9 Å². The Bertz CT molecular complexity index is 813. The van der Waals surface area contributed by atoms with Crippen LogP contribution in [0.1, 0.15) is 23.9 Å². The van der Waals surface area contributed by atoms with Crippen LogP contribution in [0.2, 0.25) is 0 Å². The first kappa shape index (κ1) is 13.8. The van der Waals surface area contributed by atoms with Crippen LogP contribution < -0.4 is 5.73 Å². The topological polar surface area (TPSA) is 48.8 Å². The highest BCUT2D eigenvalue weighted by Gasteiger charge is 2.08. The lowest BCUT2D eigenvalue weighted by molar-refractivity contribution is 0.602. The van der Waals surface area contributed by atoms with Gasteiger partial charge in [-0.15, -0.1) is 0 Å². The van der Waals surface area contributed by atoms with Crippen LogP contribution in [-0.4, -0.2) is 19.3 Å². The predicted octanol–water partition coefficient (Wildman–Crippen LogP) is 2.85. The average molecular weight is 298 g/mol. The largest absolute Gasteiger partial charge is 0.389 e. The molecule has 0 saturated carbocycles. The fraction of sp³-hybridized carbons (Fsp3) is 0.250. The van der Waals surface area contributed by atoms with Gasteiger partial charge in [0.15, 0.2) is 0 Å². The van der Waals surface area contributed by atoms with Crippen molar-refractivity contribution in [3.05, 3.63) is 53.5 Å². The number of nitrogens with two attached hydrogens (primary N) is 1. The lowest BCUT2D eigenvalue weighted by Crippen LogP contribution is -2.09. The van der Waals surface area contributed by atoms with E-state index in [9.17, 15) is 0 Å². The molecule has 108 valence electrons. The summed E-state index contributed by atoms with van der Waals surface area (Å²) in [5.41, 5.74) is 10.0. The summed E-state index contributed by atoms with van der Waals surface area (Å²) in [4.78, 5) is 0.435. The van der Waals surface area contributed by atoms with Gasteiger partial charge in [-0.25, -0.2) is 0 Å². The number of thiocarbonyl (C=S) groups is 1. The first-order valence-electron chi connectivity index (χ1n) is 7.00. The van der Waals surface area contributed by atoms with Crippen molar-refractivity contribution in [2.75, 3.05) is 0 Å². The number of fused-ring (bicyclic) bond motifs is 1. The second-order valence-corrected chi connectivity index (χ2v) is 5.61. The van der Waals surface area contributed by atoms with Gasteiger partial charge in [0.1, 0.15) is 4.99 Å². The summed E-state index contributed by atoms with van der Waals surface area (Å²) in [6.45, 7) is 5.83. The third-order valence-corrected chi connectivity index (χ3v) is 3.91. The Kier molecular flexibility index (Phi) is 3.51. The fourth-order valence-corrected chi connectivity index (χ4v) is 2.79. The van der Waals surface area contributed by atoms with E-state index in [0.717, 1.165) is 29.7 Å². The van der Waals surface area contributed by atoms with Gasteiger partial charge >= 0.3 is 0 Å². The summed E-state index contributed by atoms with van der Waals surface area (Å²) in [5.74, 6) is 0. The van der Waals surface area contributed by atoms with Gasteiger partial charge < -0.3 is 10.3 Å². The number of rotatable bonds is 4. The van der Waals surface area contributed by atoms with Gasteiger partial charge in [-0.2, -0.15) is 5.10 Å². The first-order chi connectivity index (χ1) is 10.1. The number of aryl methyl sites for hydroxylation is 2. The van der Waals surface area contributed by atoms with Crippen molar-refractivity contribution in [3.63, 3.8) is 0 Å². The van der Waals surface area contributed by atoms with Gasteiger partial charge in [-0.1, -0.05) is 12.2 Å². The Morgan fingerprint density at radius 1 is 1.29 bits per heavy atom. The molecule has 3 aromatic rings. The maximum atomic E-state index is 5.69. The molecule has 0 amide bonds. The summed E-state index contributed by atoms with van der Waals surface area (Å²) in [7, 11) is 0. The number of nitrogens with zero attached hydrogens (tertiary/aromatic N) is 3. The van der Waals surface area contributed by atoms with E-state index in [1.165, 1.54) is 11.2 Å². The fourth-order valence-electron chi connectivity index (χ4n) is 2.67. The molecule has 21 heavy (non-hydrogen) atoms. The third kappa shape index (κ3) is 2.56. The van der Waals surface area contributed by atoms with Crippen LogP contribution in [0.5, 0.6) is 0 Å². The Hall–Kier alpha value is -2.14. The van der Waals surface area contributed by atoms with Crippen molar-refractivity contribution >= 4 is 28.1 Å². The van der Waals surface area contributed by atoms with E-state index in [-0.39, 0.29) is 0 Å². The minimum absolute atomic E-state index is 0.435.